The minimum Gasteiger partial charge on any atom is -0.311 e. The number of hydrogen-bond acceptors (Lipinski definition) is 2. The first-order valence-corrected chi connectivity index (χ1v) is 20.2. The summed E-state index contributed by atoms with van der Waals surface area (Å²) in [6, 6.07) is 77.9. The summed E-state index contributed by atoms with van der Waals surface area (Å²) in [7, 11) is -2.62. The monoisotopic (exact) mass is 685 g/mol. The van der Waals surface area contributed by atoms with Crippen molar-refractivity contribution in [1.82, 2.24) is 0 Å². The third kappa shape index (κ3) is 5.61. The second kappa shape index (κ2) is 13.4. The van der Waals surface area contributed by atoms with E-state index in [1.165, 1.54) is 52.8 Å². The van der Waals surface area contributed by atoms with E-state index < -0.39 is 8.07 Å². The Hall–Kier alpha value is -5.87. The second-order valence-electron chi connectivity index (χ2n) is 12.9. The maximum absolute atomic E-state index is 2.62. The van der Waals surface area contributed by atoms with Crippen molar-refractivity contribution in [1.29, 1.82) is 0 Å². The molecule has 1 nitrogen and oxygen atoms in total. The van der Waals surface area contributed by atoms with Crippen molar-refractivity contribution in [3.8, 4) is 22.3 Å². The first-order chi connectivity index (χ1) is 25.3. The van der Waals surface area contributed by atoms with Crippen molar-refractivity contribution < 1.29 is 0 Å². The van der Waals surface area contributed by atoms with E-state index in [2.05, 4.69) is 217 Å². The Labute approximate surface area is 305 Å². The summed E-state index contributed by atoms with van der Waals surface area (Å²) in [5.41, 5.74) is 8.25. The summed E-state index contributed by atoms with van der Waals surface area (Å²) in [5.74, 6) is 0. The maximum Gasteiger partial charge on any atom is 0.181 e. The predicted molar refractivity (Wildman–Crippen MR) is 220 cm³/mol. The van der Waals surface area contributed by atoms with Gasteiger partial charge in [0.25, 0.3) is 0 Å². The zero-order valence-electron chi connectivity index (χ0n) is 28.1. The van der Waals surface area contributed by atoms with Crippen LogP contribution in [0.4, 0.5) is 17.1 Å². The molecule has 0 aromatic heterocycles. The van der Waals surface area contributed by atoms with Gasteiger partial charge in [0.2, 0.25) is 0 Å². The molecule has 8 aromatic rings. The Morgan fingerprint density at radius 3 is 1.31 bits per heavy atom. The van der Waals surface area contributed by atoms with Crippen molar-refractivity contribution in [2.24, 2.45) is 0 Å². The molecule has 51 heavy (non-hydrogen) atoms. The highest BCUT2D eigenvalue weighted by Gasteiger charge is 2.46. The number of anilines is 3. The molecule has 0 N–H and O–H groups in total. The van der Waals surface area contributed by atoms with Gasteiger partial charge in [-0.15, -0.1) is 0 Å². The van der Waals surface area contributed by atoms with Crippen LogP contribution in [0.5, 0.6) is 0 Å². The summed E-state index contributed by atoms with van der Waals surface area (Å²) in [6.45, 7) is 0. The van der Waals surface area contributed by atoms with Crippen molar-refractivity contribution >= 4 is 57.6 Å². The van der Waals surface area contributed by atoms with Crippen LogP contribution in [0.15, 0.2) is 222 Å². The highest BCUT2D eigenvalue weighted by atomic mass is 32.2. The van der Waals surface area contributed by atoms with E-state index in [0.29, 0.717) is 0 Å². The summed E-state index contributed by atoms with van der Waals surface area (Å²) >= 11 is 1.91. The Morgan fingerprint density at radius 1 is 0.314 bits per heavy atom. The lowest BCUT2D eigenvalue weighted by molar-refractivity contribution is 1.28. The van der Waals surface area contributed by atoms with E-state index in [1.807, 2.05) is 11.8 Å². The van der Waals surface area contributed by atoms with Crippen LogP contribution in [0.2, 0.25) is 0 Å². The highest BCUT2D eigenvalue weighted by Crippen LogP contribution is 2.38. The van der Waals surface area contributed by atoms with Gasteiger partial charge in [0, 0.05) is 26.9 Å². The van der Waals surface area contributed by atoms with Gasteiger partial charge in [-0.25, -0.2) is 0 Å². The van der Waals surface area contributed by atoms with Gasteiger partial charge in [0.05, 0.1) is 0 Å². The summed E-state index contributed by atoms with van der Waals surface area (Å²) in [5, 5.41) is 5.74. The number of rotatable bonds is 7. The molecule has 0 radical (unpaired) electrons. The molecule has 0 aliphatic carbocycles. The van der Waals surface area contributed by atoms with Crippen LogP contribution in [0.1, 0.15) is 0 Å². The van der Waals surface area contributed by atoms with Crippen molar-refractivity contribution in [3.63, 3.8) is 0 Å². The van der Waals surface area contributed by atoms with Crippen LogP contribution in [0, 0.1) is 0 Å². The van der Waals surface area contributed by atoms with Gasteiger partial charge in [-0.3, -0.25) is 0 Å². The number of benzene rings is 8. The normalized spacial score (nSPS) is 12.8. The van der Waals surface area contributed by atoms with Gasteiger partial charge in [-0.1, -0.05) is 176 Å². The molecule has 1 aliphatic heterocycles. The molecular formula is C48H35NSSi. The van der Waals surface area contributed by atoms with Gasteiger partial charge in [-0.05, 0) is 91.5 Å². The number of para-hydroxylation sites is 1. The molecule has 0 spiro atoms. The van der Waals surface area contributed by atoms with E-state index in [1.54, 1.807) is 0 Å². The molecule has 1 aliphatic rings. The van der Waals surface area contributed by atoms with E-state index in [0.717, 1.165) is 17.1 Å². The Bertz CT molecular complexity index is 2370. The minimum atomic E-state index is -2.62. The fraction of sp³-hybridized carbons (Fsp3) is 0. The van der Waals surface area contributed by atoms with Crippen LogP contribution >= 0.6 is 11.8 Å². The third-order valence-corrected chi connectivity index (χ3v) is 16.4. The Kier molecular flexibility index (Phi) is 8.21. The largest absolute Gasteiger partial charge is 0.311 e. The fourth-order valence-corrected chi connectivity index (χ4v) is 14.6. The van der Waals surface area contributed by atoms with Gasteiger partial charge >= 0.3 is 0 Å². The predicted octanol–water partition coefficient (Wildman–Crippen LogP) is 10.3. The van der Waals surface area contributed by atoms with E-state index >= 15 is 0 Å². The average Bonchev–Trinajstić information content (AvgIpc) is 3.22. The lowest BCUT2D eigenvalue weighted by Crippen LogP contribution is -2.76. The first kappa shape index (κ1) is 31.1. The van der Waals surface area contributed by atoms with Crippen molar-refractivity contribution in [2.45, 2.75) is 9.79 Å². The number of fused-ring (bicyclic) bond motifs is 2. The molecule has 0 saturated carbocycles. The number of hydrogen-bond donors (Lipinski definition) is 0. The van der Waals surface area contributed by atoms with Gasteiger partial charge in [-0.2, -0.15) is 0 Å². The molecule has 3 heteroatoms. The molecular weight excluding hydrogens is 651 g/mol. The minimum absolute atomic E-state index is 1.12. The molecule has 0 saturated heterocycles. The Morgan fingerprint density at radius 2 is 0.725 bits per heavy atom. The molecule has 242 valence electrons. The van der Waals surface area contributed by atoms with Crippen LogP contribution in [-0.4, -0.2) is 8.07 Å². The van der Waals surface area contributed by atoms with E-state index in [9.17, 15) is 0 Å². The van der Waals surface area contributed by atoms with E-state index in [-0.39, 0.29) is 0 Å². The average molecular weight is 686 g/mol. The third-order valence-electron chi connectivity index (χ3n) is 10.0. The maximum atomic E-state index is 2.50. The van der Waals surface area contributed by atoms with Crippen LogP contribution < -0.4 is 25.6 Å². The second-order valence-corrected chi connectivity index (χ2v) is 17.7. The molecule has 0 bridgehead atoms. The molecule has 0 unspecified atom stereocenters. The molecule has 9 rings (SSSR count). The lowest BCUT2D eigenvalue weighted by atomic mass is 10.0. The SMILES string of the molecule is c1ccc(-c2ccc(N(c3ccccc3)c3ccc(-c4ccc5c(c4)[Si](c4ccccc4)(c4ccccc4)c4ccccc4S5)cc3)cc2)cc1. The summed E-state index contributed by atoms with van der Waals surface area (Å²) in [6.07, 6.45) is 0. The molecule has 0 amide bonds. The molecule has 8 aromatic carbocycles. The van der Waals surface area contributed by atoms with Gasteiger partial charge < -0.3 is 4.90 Å². The lowest BCUT2D eigenvalue weighted by Gasteiger charge is -2.40. The zero-order valence-corrected chi connectivity index (χ0v) is 29.9. The van der Waals surface area contributed by atoms with E-state index in [4.69, 9.17) is 0 Å². The molecule has 1 heterocycles. The fourth-order valence-electron chi connectivity index (χ4n) is 7.65. The number of nitrogens with zero attached hydrogens (tertiary/aromatic N) is 1. The molecule has 0 fully saturated rings. The molecule has 0 atom stereocenters. The smallest absolute Gasteiger partial charge is 0.181 e. The van der Waals surface area contributed by atoms with Crippen LogP contribution in [-0.2, 0) is 0 Å². The summed E-state index contributed by atoms with van der Waals surface area (Å²) < 4.78 is 0. The Balaban J connectivity index is 1.15. The topological polar surface area (TPSA) is 3.24 Å². The van der Waals surface area contributed by atoms with Crippen molar-refractivity contribution in [2.75, 3.05) is 4.90 Å². The quantitative estimate of drug-likeness (QED) is 0.154. The highest BCUT2D eigenvalue weighted by molar-refractivity contribution is 8.00. The van der Waals surface area contributed by atoms with Crippen LogP contribution in [0.3, 0.4) is 0 Å². The van der Waals surface area contributed by atoms with Crippen molar-refractivity contribution in [3.05, 3.63) is 212 Å². The zero-order chi connectivity index (χ0) is 34.0. The van der Waals surface area contributed by atoms with Crippen LogP contribution in [0.25, 0.3) is 22.3 Å². The summed E-state index contributed by atoms with van der Waals surface area (Å²) in [4.78, 5) is 5.05. The first-order valence-electron chi connectivity index (χ1n) is 17.4. The standard InChI is InChI=1S/C48H35NSSi/c1-5-15-36(16-6-1)37-25-30-41(31-26-37)49(40-17-7-2-8-18-40)42-32-27-38(28-33-42)39-29-34-46-48(35-39)51(43-19-9-3-10-20-43,44-21-11-4-12-22-44)47-24-14-13-23-45(47)50-46/h1-35H. The van der Waals surface area contributed by atoms with Gasteiger partial charge in [0.15, 0.2) is 8.07 Å². The van der Waals surface area contributed by atoms with Gasteiger partial charge in [0.1, 0.15) is 0 Å².